The van der Waals surface area contributed by atoms with Gasteiger partial charge in [0.15, 0.2) is 5.69 Å². The predicted molar refractivity (Wildman–Crippen MR) is 44.2 cm³/mol. The summed E-state index contributed by atoms with van der Waals surface area (Å²) < 4.78 is 40.4. The number of carbonyl (C=O) groups is 1. The molecule has 1 rings (SSSR count). The number of hydrogen-bond acceptors (Lipinski definition) is 4. The molecule has 1 aromatic heterocycles. The van der Waals surface area contributed by atoms with Crippen molar-refractivity contribution in [2.45, 2.75) is 6.18 Å². The van der Waals surface area contributed by atoms with Crippen LogP contribution in [0.1, 0.15) is 16.1 Å². The first-order valence-corrected chi connectivity index (χ1v) is 3.90. The summed E-state index contributed by atoms with van der Waals surface area (Å²) in [5.41, 5.74) is -3.97. The van der Waals surface area contributed by atoms with Gasteiger partial charge in [0.1, 0.15) is 5.56 Å². The number of aromatic nitrogens is 1. The lowest BCUT2D eigenvalue weighted by Gasteiger charge is -2.09. The molecule has 0 aliphatic rings. The van der Waals surface area contributed by atoms with E-state index < -0.39 is 33.7 Å². The Balaban J connectivity index is 3.41. The molecule has 0 aromatic carbocycles. The summed E-state index contributed by atoms with van der Waals surface area (Å²) in [6.07, 6.45) is -4.89. The molecule has 5 nitrogen and oxygen atoms in total. The van der Waals surface area contributed by atoms with Crippen molar-refractivity contribution in [3.8, 4) is 0 Å². The van der Waals surface area contributed by atoms with Crippen LogP contribution in [-0.2, 0) is 10.9 Å². The molecule has 0 fully saturated rings. The lowest BCUT2D eigenvalue weighted by molar-refractivity contribution is -0.139. The van der Waals surface area contributed by atoms with Crippen LogP contribution < -0.4 is 5.56 Å². The van der Waals surface area contributed by atoms with E-state index in [0.29, 0.717) is 12.1 Å². The Morgan fingerprint density at radius 1 is 1.44 bits per heavy atom. The monoisotopic (exact) mass is 237 g/mol. The van der Waals surface area contributed by atoms with Gasteiger partial charge >= 0.3 is 12.1 Å². The number of esters is 1. The average molecular weight is 237 g/mol. The SMILES string of the molecule is COC(=O)c1ccc(C(F)(F)F)c(=O)n1O. The van der Waals surface area contributed by atoms with Crippen molar-refractivity contribution in [3.05, 3.63) is 33.7 Å². The van der Waals surface area contributed by atoms with Gasteiger partial charge in [-0.2, -0.15) is 13.2 Å². The summed E-state index contributed by atoms with van der Waals surface area (Å²) >= 11 is 0. The number of alkyl halides is 3. The molecule has 0 amide bonds. The van der Waals surface area contributed by atoms with Gasteiger partial charge in [-0.25, -0.2) is 4.79 Å². The third kappa shape index (κ3) is 2.00. The lowest BCUT2D eigenvalue weighted by atomic mass is 10.2. The molecule has 0 aliphatic carbocycles. The maximum atomic E-state index is 12.2. The van der Waals surface area contributed by atoms with E-state index in [2.05, 4.69) is 4.74 Å². The third-order valence-electron chi connectivity index (χ3n) is 1.76. The van der Waals surface area contributed by atoms with E-state index in [0.717, 1.165) is 7.11 Å². The first kappa shape index (κ1) is 12.1. The summed E-state index contributed by atoms with van der Waals surface area (Å²) in [6, 6.07) is 1.05. The molecule has 0 unspecified atom stereocenters. The van der Waals surface area contributed by atoms with E-state index in [1.165, 1.54) is 0 Å². The van der Waals surface area contributed by atoms with Gasteiger partial charge in [-0.1, -0.05) is 0 Å². The lowest BCUT2D eigenvalue weighted by Crippen LogP contribution is -2.31. The van der Waals surface area contributed by atoms with Crippen molar-refractivity contribution in [1.29, 1.82) is 0 Å². The molecular weight excluding hydrogens is 231 g/mol. The maximum Gasteiger partial charge on any atom is 0.421 e. The summed E-state index contributed by atoms with van der Waals surface area (Å²) in [7, 11) is 0.963. The molecule has 0 bridgehead atoms. The Kier molecular flexibility index (Phi) is 2.92. The number of methoxy groups -OCH3 is 1. The second-order valence-electron chi connectivity index (χ2n) is 2.74. The molecule has 88 valence electrons. The molecular formula is C8H6F3NO4. The Hall–Kier alpha value is -1.99. The number of halogens is 3. The second kappa shape index (κ2) is 3.87. The van der Waals surface area contributed by atoms with Crippen LogP contribution in [-0.4, -0.2) is 23.0 Å². The van der Waals surface area contributed by atoms with Gasteiger partial charge in [-0.3, -0.25) is 4.79 Å². The zero-order valence-corrected chi connectivity index (χ0v) is 7.91. The number of hydrogen-bond donors (Lipinski definition) is 1. The van der Waals surface area contributed by atoms with Gasteiger partial charge in [-0.15, -0.1) is 4.73 Å². The van der Waals surface area contributed by atoms with E-state index in [-0.39, 0.29) is 0 Å². The van der Waals surface area contributed by atoms with Crippen LogP contribution in [0.15, 0.2) is 16.9 Å². The number of ether oxygens (including phenoxy) is 1. The molecule has 0 spiro atoms. The van der Waals surface area contributed by atoms with Gasteiger partial charge < -0.3 is 9.94 Å². The fourth-order valence-corrected chi connectivity index (χ4v) is 1.00. The smallest absolute Gasteiger partial charge is 0.421 e. The minimum Gasteiger partial charge on any atom is -0.464 e. The predicted octanol–water partition coefficient (Wildman–Crippen LogP) is 0.891. The van der Waals surface area contributed by atoms with Crippen LogP contribution in [0.25, 0.3) is 0 Å². The Morgan fingerprint density at radius 3 is 2.44 bits per heavy atom. The van der Waals surface area contributed by atoms with E-state index in [4.69, 9.17) is 5.21 Å². The van der Waals surface area contributed by atoms with Crippen molar-refractivity contribution in [2.24, 2.45) is 0 Å². The van der Waals surface area contributed by atoms with Gasteiger partial charge in [0, 0.05) is 0 Å². The topological polar surface area (TPSA) is 68.5 Å². The quantitative estimate of drug-likeness (QED) is 0.581. The molecule has 0 radical (unpaired) electrons. The highest BCUT2D eigenvalue weighted by molar-refractivity contribution is 5.87. The Morgan fingerprint density at radius 2 is 2.00 bits per heavy atom. The van der Waals surface area contributed by atoms with Crippen LogP contribution in [0.3, 0.4) is 0 Å². The summed E-state index contributed by atoms with van der Waals surface area (Å²) in [4.78, 5) is 22.0. The van der Waals surface area contributed by atoms with E-state index in [9.17, 15) is 22.8 Å². The summed E-state index contributed by atoms with van der Waals surface area (Å²) in [5, 5.41) is 9.05. The highest BCUT2D eigenvalue weighted by Crippen LogP contribution is 2.26. The summed E-state index contributed by atoms with van der Waals surface area (Å²) in [5.74, 6) is -1.12. The van der Waals surface area contributed by atoms with E-state index in [1.54, 1.807) is 0 Å². The molecule has 0 saturated carbocycles. The van der Waals surface area contributed by atoms with Crippen molar-refractivity contribution >= 4 is 5.97 Å². The fraction of sp³-hybridized carbons (Fsp3) is 0.250. The minimum absolute atomic E-state index is 0.394. The van der Waals surface area contributed by atoms with Crippen molar-refractivity contribution in [1.82, 2.24) is 4.73 Å². The second-order valence-corrected chi connectivity index (χ2v) is 2.74. The van der Waals surface area contributed by atoms with Gasteiger partial charge in [0.05, 0.1) is 7.11 Å². The van der Waals surface area contributed by atoms with Gasteiger partial charge in [-0.05, 0) is 12.1 Å². The van der Waals surface area contributed by atoms with Crippen molar-refractivity contribution < 1.29 is 27.9 Å². The Bertz CT molecular complexity index is 477. The summed E-state index contributed by atoms with van der Waals surface area (Å²) in [6.45, 7) is 0. The highest BCUT2D eigenvalue weighted by Gasteiger charge is 2.35. The molecule has 1 N–H and O–H groups in total. The number of rotatable bonds is 1. The fourth-order valence-electron chi connectivity index (χ4n) is 1.00. The zero-order valence-electron chi connectivity index (χ0n) is 7.91. The molecule has 1 heterocycles. The molecule has 0 atom stereocenters. The molecule has 0 saturated heterocycles. The minimum atomic E-state index is -4.89. The Labute approximate surface area is 86.6 Å². The standard InChI is InChI=1S/C8H6F3NO4/c1-16-7(14)5-3-2-4(8(9,10)11)6(13)12(5)15/h2-3,15H,1H3. The maximum absolute atomic E-state index is 12.2. The molecule has 8 heteroatoms. The van der Waals surface area contributed by atoms with Gasteiger partial charge in [0.2, 0.25) is 0 Å². The van der Waals surface area contributed by atoms with Crippen LogP contribution in [0.4, 0.5) is 13.2 Å². The number of pyridine rings is 1. The first-order chi connectivity index (χ1) is 7.29. The first-order valence-electron chi connectivity index (χ1n) is 3.90. The third-order valence-corrected chi connectivity index (χ3v) is 1.76. The largest absolute Gasteiger partial charge is 0.464 e. The number of nitrogens with zero attached hydrogens (tertiary/aromatic N) is 1. The molecule has 1 aromatic rings. The average Bonchev–Trinajstić information content (AvgIpc) is 2.19. The number of carbonyl (C=O) groups excluding carboxylic acids is 1. The van der Waals surface area contributed by atoms with Crippen molar-refractivity contribution in [2.75, 3.05) is 7.11 Å². The van der Waals surface area contributed by atoms with Crippen LogP contribution in [0.5, 0.6) is 0 Å². The molecule has 0 aliphatic heterocycles. The zero-order chi connectivity index (χ0) is 12.5. The van der Waals surface area contributed by atoms with E-state index in [1.807, 2.05) is 0 Å². The highest BCUT2D eigenvalue weighted by atomic mass is 19.4. The normalized spacial score (nSPS) is 11.2. The van der Waals surface area contributed by atoms with Crippen LogP contribution >= 0.6 is 0 Å². The molecule has 16 heavy (non-hydrogen) atoms. The van der Waals surface area contributed by atoms with Crippen LogP contribution in [0, 0.1) is 0 Å². The van der Waals surface area contributed by atoms with Crippen molar-refractivity contribution in [3.63, 3.8) is 0 Å². The van der Waals surface area contributed by atoms with Crippen LogP contribution in [0.2, 0.25) is 0 Å². The van der Waals surface area contributed by atoms with E-state index >= 15 is 0 Å². The van der Waals surface area contributed by atoms with Gasteiger partial charge in [0.25, 0.3) is 5.56 Å².